The predicted octanol–water partition coefficient (Wildman–Crippen LogP) is 3.79. The van der Waals surface area contributed by atoms with Gasteiger partial charge in [0.15, 0.2) is 11.5 Å². The third-order valence-electron chi connectivity index (χ3n) is 3.40. The van der Waals surface area contributed by atoms with Gasteiger partial charge in [-0.25, -0.2) is 4.98 Å². The minimum absolute atomic E-state index is 0.394. The Morgan fingerprint density at radius 1 is 1.29 bits per heavy atom. The van der Waals surface area contributed by atoms with Gasteiger partial charge < -0.3 is 14.0 Å². The first-order chi connectivity index (χ1) is 10.1. The average molecular weight is 329 g/mol. The number of benzene rings is 1. The molecule has 0 aliphatic heterocycles. The maximum atomic E-state index is 6.06. The highest BCUT2D eigenvalue weighted by molar-refractivity contribution is 7.98. The summed E-state index contributed by atoms with van der Waals surface area (Å²) in [5, 5.41) is 0. The zero-order valence-electron chi connectivity index (χ0n) is 12.9. The third kappa shape index (κ3) is 3.40. The lowest BCUT2D eigenvalue weighted by molar-refractivity contribution is 0.355. The van der Waals surface area contributed by atoms with Crippen molar-refractivity contribution in [2.45, 2.75) is 19.3 Å². The molecule has 21 heavy (non-hydrogen) atoms. The van der Waals surface area contributed by atoms with E-state index in [1.54, 1.807) is 14.2 Å². The summed E-state index contributed by atoms with van der Waals surface area (Å²) < 4.78 is 12.9. The van der Waals surface area contributed by atoms with E-state index in [-0.39, 0.29) is 0 Å². The van der Waals surface area contributed by atoms with Crippen molar-refractivity contribution >= 4 is 34.4 Å². The van der Waals surface area contributed by atoms with E-state index < -0.39 is 0 Å². The molecule has 0 fully saturated rings. The molecule has 1 atom stereocenters. The van der Waals surface area contributed by atoms with Gasteiger partial charge in [-0.15, -0.1) is 11.6 Å². The number of alkyl halides is 1. The number of aromatic nitrogens is 2. The van der Waals surface area contributed by atoms with Crippen LogP contribution in [0.2, 0.25) is 0 Å². The van der Waals surface area contributed by atoms with Crippen LogP contribution in [0.5, 0.6) is 11.5 Å². The van der Waals surface area contributed by atoms with Crippen molar-refractivity contribution in [1.82, 2.24) is 9.55 Å². The van der Waals surface area contributed by atoms with Crippen LogP contribution in [0.1, 0.15) is 12.7 Å². The number of methoxy groups -OCH3 is 2. The number of hydrogen-bond acceptors (Lipinski definition) is 4. The lowest BCUT2D eigenvalue weighted by atomic mass is 10.2. The summed E-state index contributed by atoms with van der Waals surface area (Å²) in [7, 11) is 3.27. The molecule has 1 aromatic carbocycles. The number of hydrogen-bond donors (Lipinski definition) is 0. The van der Waals surface area contributed by atoms with Gasteiger partial charge in [-0.3, -0.25) is 0 Å². The fourth-order valence-electron chi connectivity index (χ4n) is 2.46. The molecule has 1 heterocycles. The Morgan fingerprint density at radius 2 is 1.95 bits per heavy atom. The first-order valence-electron chi connectivity index (χ1n) is 6.80. The molecule has 6 heteroatoms. The summed E-state index contributed by atoms with van der Waals surface area (Å²) >= 11 is 7.91. The van der Waals surface area contributed by atoms with Crippen molar-refractivity contribution in [2.24, 2.45) is 5.92 Å². The summed E-state index contributed by atoms with van der Waals surface area (Å²) in [6.07, 6.45) is 2.12. The van der Waals surface area contributed by atoms with Crippen LogP contribution >= 0.6 is 23.4 Å². The highest BCUT2D eigenvalue weighted by atomic mass is 35.5. The van der Waals surface area contributed by atoms with Crippen molar-refractivity contribution in [3.8, 4) is 11.5 Å². The number of thioether (sulfide) groups is 1. The number of fused-ring (bicyclic) bond motifs is 1. The summed E-state index contributed by atoms with van der Waals surface area (Å²) in [5.41, 5.74) is 1.93. The van der Waals surface area contributed by atoms with E-state index in [2.05, 4.69) is 22.7 Å². The summed E-state index contributed by atoms with van der Waals surface area (Å²) in [6.45, 7) is 3.13. The second-order valence-corrected chi connectivity index (χ2v) is 6.21. The first kappa shape index (κ1) is 16.3. The number of halogens is 1. The van der Waals surface area contributed by atoms with Gasteiger partial charge in [0.1, 0.15) is 5.82 Å². The molecule has 0 amide bonds. The quantitative estimate of drug-likeness (QED) is 0.724. The molecule has 0 saturated carbocycles. The highest BCUT2D eigenvalue weighted by Gasteiger charge is 2.16. The van der Waals surface area contributed by atoms with E-state index in [1.807, 2.05) is 23.9 Å². The van der Waals surface area contributed by atoms with E-state index >= 15 is 0 Å². The van der Waals surface area contributed by atoms with Gasteiger partial charge in [0, 0.05) is 18.7 Å². The van der Waals surface area contributed by atoms with Gasteiger partial charge in [-0.2, -0.15) is 11.8 Å². The van der Waals surface area contributed by atoms with E-state index in [0.717, 1.165) is 29.2 Å². The van der Waals surface area contributed by atoms with Crippen molar-refractivity contribution in [3.05, 3.63) is 18.0 Å². The summed E-state index contributed by atoms with van der Waals surface area (Å²) in [5.74, 6) is 4.33. The van der Waals surface area contributed by atoms with Crippen LogP contribution in [-0.4, -0.2) is 35.8 Å². The van der Waals surface area contributed by atoms with Crippen LogP contribution in [-0.2, 0) is 12.4 Å². The molecule has 0 aliphatic carbocycles. The SMILES string of the molecule is COc1cc2nc(CCl)n(CC(C)CSC)c2cc1OC. The van der Waals surface area contributed by atoms with Gasteiger partial charge in [0.05, 0.1) is 31.1 Å². The minimum Gasteiger partial charge on any atom is -0.493 e. The molecule has 0 spiro atoms. The standard InChI is InChI=1S/C15H21ClN2O2S/c1-10(9-21-4)8-18-12-6-14(20-3)13(19-2)5-11(12)17-15(18)7-16/h5-6,10H,7-9H2,1-4H3. The number of imidazole rings is 1. The van der Waals surface area contributed by atoms with E-state index in [0.29, 0.717) is 23.3 Å². The molecule has 1 unspecified atom stereocenters. The van der Waals surface area contributed by atoms with Crippen molar-refractivity contribution in [3.63, 3.8) is 0 Å². The molecule has 4 nitrogen and oxygen atoms in total. The van der Waals surface area contributed by atoms with Gasteiger partial charge in [0.25, 0.3) is 0 Å². The fourth-order valence-corrected chi connectivity index (χ4v) is 3.33. The molecule has 2 aromatic rings. The number of rotatable bonds is 7. The summed E-state index contributed by atoms with van der Waals surface area (Å²) in [4.78, 5) is 4.62. The smallest absolute Gasteiger partial charge is 0.163 e. The van der Waals surface area contributed by atoms with Crippen LogP contribution < -0.4 is 9.47 Å². The van der Waals surface area contributed by atoms with E-state index in [4.69, 9.17) is 21.1 Å². The van der Waals surface area contributed by atoms with Gasteiger partial charge in [-0.1, -0.05) is 6.92 Å². The van der Waals surface area contributed by atoms with Crippen LogP contribution in [0.3, 0.4) is 0 Å². The molecule has 0 radical (unpaired) electrons. The second-order valence-electron chi connectivity index (χ2n) is 5.03. The minimum atomic E-state index is 0.394. The Balaban J connectivity index is 2.51. The Bertz CT molecular complexity index is 615. The van der Waals surface area contributed by atoms with Gasteiger partial charge in [0.2, 0.25) is 0 Å². The molecule has 0 aliphatic rings. The Morgan fingerprint density at radius 3 is 2.52 bits per heavy atom. The van der Waals surface area contributed by atoms with Crippen molar-refractivity contribution < 1.29 is 9.47 Å². The maximum absolute atomic E-state index is 6.06. The average Bonchev–Trinajstić information content (AvgIpc) is 2.82. The topological polar surface area (TPSA) is 36.3 Å². The zero-order valence-corrected chi connectivity index (χ0v) is 14.4. The van der Waals surface area contributed by atoms with Crippen molar-refractivity contribution in [1.29, 1.82) is 0 Å². The lowest BCUT2D eigenvalue weighted by Crippen LogP contribution is -2.12. The molecule has 0 N–H and O–H groups in total. The number of ether oxygens (including phenoxy) is 2. The normalized spacial score (nSPS) is 12.6. The second kappa shape index (κ2) is 7.27. The lowest BCUT2D eigenvalue weighted by Gasteiger charge is -2.14. The molecular formula is C15H21ClN2O2S. The van der Waals surface area contributed by atoms with Crippen LogP contribution in [0.15, 0.2) is 12.1 Å². The molecule has 1 aromatic heterocycles. The zero-order chi connectivity index (χ0) is 15.4. The fraction of sp³-hybridized carbons (Fsp3) is 0.533. The third-order valence-corrected chi connectivity index (χ3v) is 4.54. The highest BCUT2D eigenvalue weighted by Crippen LogP contribution is 2.33. The Kier molecular flexibility index (Phi) is 5.65. The maximum Gasteiger partial charge on any atom is 0.163 e. The molecule has 0 bridgehead atoms. The van der Waals surface area contributed by atoms with Gasteiger partial charge >= 0.3 is 0 Å². The van der Waals surface area contributed by atoms with Crippen LogP contribution in [0, 0.1) is 5.92 Å². The van der Waals surface area contributed by atoms with Crippen molar-refractivity contribution in [2.75, 3.05) is 26.2 Å². The Hall–Kier alpha value is -1.07. The van der Waals surface area contributed by atoms with Crippen LogP contribution in [0.25, 0.3) is 11.0 Å². The first-order valence-corrected chi connectivity index (χ1v) is 8.73. The monoisotopic (exact) mass is 328 g/mol. The molecule has 116 valence electrons. The predicted molar refractivity (Wildman–Crippen MR) is 89.9 cm³/mol. The van der Waals surface area contributed by atoms with E-state index in [9.17, 15) is 0 Å². The largest absolute Gasteiger partial charge is 0.493 e. The molecule has 0 saturated heterocycles. The molecular weight excluding hydrogens is 308 g/mol. The number of nitrogens with zero attached hydrogens (tertiary/aromatic N) is 2. The molecule has 2 rings (SSSR count). The van der Waals surface area contributed by atoms with Crippen LogP contribution in [0.4, 0.5) is 0 Å². The Labute approximate surface area is 134 Å². The summed E-state index contributed by atoms with van der Waals surface area (Å²) in [6, 6.07) is 3.88. The van der Waals surface area contributed by atoms with E-state index in [1.165, 1.54) is 0 Å². The van der Waals surface area contributed by atoms with Gasteiger partial charge in [-0.05, 0) is 17.9 Å².